The maximum Gasteiger partial charge on any atom is 0.0737 e. The van der Waals surface area contributed by atoms with Crippen molar-refractivity contribution in [3.63, 3.8) is 0 Å². The van der Waals surface area contributed by atoms with Crippen molar-refractivity contribution in [1.82, 2.24) is 4.98 Å². The van der Waals surface area contributed by atoms with Crippen LogP contribution in [0.15, 0.2) is 55.3 Å². The first-order chi connectivity index (χ1) is 7.33. The molecule has 0 N–H and O–H groups in total. The lowest BCUT2D eigenvalue weighted by Gasteiger charge is -2.04. The number of hydrogen-bond donors (Lipinski definition) is 0. The van der Waals surface area contributed by atoms with Gasteiger partial charge in [0.15, 0.2) is 0 Å². The van der Waals surface area contributed by atoms with E-state index in [1.807, 2.05) is 30.5 Å². The SMILES string of the molecule is C=C/C=C(\C)c1nccc2ccccc12. The van der Waals surface area contributed by atoms with E-state index in [-0.39, 0.29) is 0 Å². The van der Waals surface area contributed by atoms with Gasteiger partial charge in [0.2, 0.25) is 0 Å². The number of hydrogen-bond acceptors (Lipinski definition) is 1. The molecule has 1 heteroatoms. The van der Waals surface area contributed by atoms with Crippen LogP contribution in [0.25, 0.3) is 16.3 Å². The van der Waals surface area contributed by atoms with Gasteiger partial charge < -0.3 is 0 Å². The van der Waals surface area contributed by atoms with E-state index in [1.165, 1.54) is 10.8 Å². The summed E-state index contributed by atoms with van der Waals surface area (Å²) in [4.78, 5) is 4.41. The molecule has 0 saturated heterocycles. The first-order valence-corrected chi connectivity index (χ1v) is 4.96. The molecule has 0 aliphatic carbocycles. The fraction of sp³-hybridized carbons (Fsp3) is 0.0714. The average Bonchev–Trinajstić information content (AvgIpc) is 2.28. The minimum absolute atomic E-state index is 1.04. The van der Waals surface area contributed by atoms with Gasteiger partial charge in [-0.1, -0.05) is 43.0 Å². The molecule has 1 aromatic carbocycles. The number of fused-ring (bicyclic) bond motifs is 1. The summed E-state index contributed by atoms with van der Waals surface area (Å²) in [6, 6.07) is 10.3. The fourth-order valence-electron chi connectivity index (χ4n) is 1.69. The Balaban J connectivity index is 2.71. The monoisotopic (exact) mass is 195 g/mol. The van der Waals surface area contributed by atoms with Crippen LogP contribution in [0, 0.1) is 0 Å². The van der Waals surface area contributed by atoms with Gasteiger partial charge in [-0.2, -0.15) is 0 Å². The average molecular weight is 195 g/mol. The second kappa shape index (κ2) is 4.09. The molecule has 15 heavy (non-hydrogen) atoms. The largest absolute Gasteiger partial charge is 0.256 e. The molecule has 1 aromatic heterocycles. The van der Waals surface area contributed by atoms with Gasteiger partial charge in [0.05, 0.1) is 5.69 Å². The first kappa shape index (κ1) is 9.66. The highest BCUT2D eigenvalue weighted by Crippen LogP contribution is 2.22. The Bertz CT molecular complexity index is 518. The molecular weight excluding hydrogens is 182 g/mol. The van der Waals surface area contributed by atoms with Crippen LogP contribution in [-0.2, 0) is 0 Å². The van der Waals surface area contributed by atoms with E-state index >= 15 is 0 Å². The van der Waals surface area contributed by atoms with Gasteiger partial charge in [0.25, 0.3) is 0 Å². The van der Waals surface area contributed by atoms with Crippen LogP contribution in [0.4, 0.5) is 0 Å². The lowest BCUT2D eigenvalue weighted by atomic mass is 10.1. The van der Waals surface area contributed by atoms with Crippen LogP contribution in [0.5, 0.6) is 0 Å². The highest BCUT2D eigenvalue weighted by molar-refractivity contribution is 5.91. The van der Waals surface area contributed by atoms with Gasteiger partial charge in [-0.15, -0.1) is 0 Å². The van der Waals surface area contributed by atoms with E-state index in [4.69, 9.17) is 0 Å². The fourth-order valence-corrected chi connectivity index (χ4v) is 1.69. The summed E-state index contributed by atoms with van der Waals surface area (Å²) in [5, 5.41) is 2.41. The predicted molar refractivity (Wildman–Crippen MR) is 65.6 cm³/mol. The van der Waals surface area contributed by atoms with Gasteiger partial charge in [0.1, 0.15) is 0 Å². The van der Waals surface area contributed by atoms with Crippen LogP contribution in [-0.4, -0.2) is 4.98 Å². The number of pyridine rings is 1. The summed E-state index contributed by atoms with van der Waals surface area (Å²) in [6.07, 6.45) is 5.62. The van der Waals surface area contributed by atoms with E-state index in [0.717, 1.165) is 11.3 Å². The van der Waals surface area contributed by atoms with E-state index in [2.05, 4.69) is 30.6 Å². The zero-order valence-electron chi connectivity index (χ0n) is 8.77. The minimum Gasteiger partial charge on any atom is -0.256 e. The molecule has 0 unspecified atom stereocenters. The molecule has 0 radical (unpaired) electrons. The van der Waals surface area contributed by atoms with E-state index in [0.29, 0.717) is 0 Å². The molecule has 0 fully saturated rings. The van der Waals surface area contributed by atoms with Gasteiger partial charge in [-0.25, -0.2) is 0 Å². The van der Waals surface area contributed by atoms with Crippen molar-refractivity contribution in [3.8, 4) is 0 Å². The number of aromatic nitrogens is 1. The third kappa shape index (κ3) is 1.82. The van der Waals surface area contributed by atoms with Gasteiger partial charge >= 0.3 is 0 Å². The van der Waals surface area contributed by atoms with Crippen LogP contribution in [0.2, 0.25) is 0 Å². The molecule has 0 saturated carbocycles. The van der Waals surface area contributed by atoms with Gasteiger partial charge in [-0.05, 0) is 23.9 Å². The number of rotatable bonds is 2. The van der Waals surface area contributed by atoms with Gasteiger partial charge in [-0.3, -0.25) is 4.98 Å². The zero-order valence-corrected chi connectivity index (χ0v) is 8.77. The van der Waals surface area contributed by atoms with Crippen molar-refractivity contribution >= 4 is 16.3 Å². The highest BCUT2D eigenvalue weighted by atomic mass is 14.7. The summed E-state index contributed by atoms with van der Waals surface area (Å²) >= 11 is 0. The summed E-state index contributed by atoms with van der Waals surface area (Å²) < 4.78 is 0. The van der Waals surface area contributed by atoms with Crippen LogP contribution >= 0.6 is 0 Å². The topological polar surface area (TPSA) is 12.9 Å². The van der Waals surface area contributed by atoms with Crippen molar-refractivity contribution in [1.29, 1.82) is 0 Å². The number of benzene rings is 1. The van der Waals surface area contributed by atoms with E-state index in [9.17, 15) is 0 Å². The molecule has 74 valence electrons. The Labute approximate surface area is 89.8 Å². The Morgan fingerprint density at radius 3 is 2.87 bits per heavy atom. The smallest absolute Gasteiger partial charge is 0.0737 e. The lowest BCUT2D eigenvalue weighted by molar-refractivity contribution is 1.30. The van der Waals surface area contributed by atoms with Crippen LogP contribution < -0.4 is 0 Å². The molecule has 0 aliphatic rings. The van der Waals surface area contributed by atoms with Crippen LogP contribution in [0.1, 0.15) is 12.6 Å². The molecule has 0 bridgehead atoms. The Hall–Kier alpha value is -1.89. The van der Waals surface area contributed by atoms with Crippen molar-refractivity contribution in [2.75, 3.05) is 0 Å². The van der Waals surface area contributed by atoms with Crippen molar-refractivity contribution in [2.45, 2.75) is 6.92 Å². The molecule has 0 aliphatic heterocycles. The summed E-state index contributed by atoms with van der Waals surface area (Å²) in [5.41, 5.74) is 2.18. The summed E-state index contributed by atoms with van der Waals surface area (Å²) in [7, 11) is 0. The maximum absolute atomic E-state index is 4.41. The lowest BCUT2D eigenvalue weighted by Crippen LogP contribution is -1.87. The Morgan fingerprint density at radius 2 is 2.07 bits per heavy atom. The molecule has 0 atom stereocenters. The quantitative estimate of drug-likeness (QED) is 0.664. The van der Waals surface area contributed by atoms with E-state index in [1.54, 1.807) is 6.08 Å². The highest BCUT2D eigenvalue weighted by Gasteiger charge is 2.02. The molecule has 0 spiro atoms. The van der Waals surface area contributed by atoms with Crippen molar-refractivity contribution in [2.24, 2.45) is 0 Å². The molecule has 1 nitrogen and oxygen atoms in total. The second-order valence-corrected chi connectivity index (χ2v) is 3.47. The third-order valence-corrected chi connectivity index (χ3v) is 2.42. The number of allylic oxidation sites excluding steroid dienone is 3. The first-order valence-electron chi connectivity index (χ1n) is 4.96. The molecule has 2 aromatic rings. The summed E-state index contributed by atoms with van der Waals surface area (Å²) in [5.74, 6) is 0. The van der Waals surface area contributed by atoms with Crippen molar-refractivity contribution in [3.05, 3.63) is 61.0 Å². The number of nitrogens with zero attached hydrogens (tertiary/aromatic N) is 1. The Morgan fingerprint density at radius 1 is 1.27 bits per heavy atom. The minimum atomic E-state index is 1.04. The predicted octanol–water partition coefficient (Wildman–Crippen LogP) is 3.82. The van der Waals surface area contributed by atoms with Crippen molar-refractivity contribution < 1.29 is 0 Å². The molecule has 1 heterocycles. The van der Waals surface area contributed by atoms with Crippen LogP contribution in [0.3, 0.4) is 0 Å². The van der Waals surface area contributed by atoms with Gasteiger partial charge in [0, 0.05) is 11.6 Å². The third-order valence-electron chi connectivity index (χ3n) is 2.42. The second-order valence-electron chi connectivity index (χ2n) is 3.47. The molecule has 0 amide bonds. The standard InChI is InChI=1S/C14H13N/c1-3-6-11(2)14-13-8-5-4-7-12(13)9-10-15-14/h3-10H,1H2,2H3/b11-6+. The Kier molecular flexibility index (Phi) is 2.64. The molecular formula is C14H13N. The molecule has 2 rings (SSSR count). The zero-order chi connectivity index (χ0) is 10.7. The summed E-state index contributed by atoms with van der Waals surface area (Å²) in [6.45, 7) is 5.75. The maximum atomic E-state index is 4.41. The van der Waals surface area contributed by atoms with E-state index < -0.39 is 0 Å². The normalized spacial score (nSPS) is 11.7.